The van der Waals surface area contributed by atoms with E-state index >= 15 is 0 Å². The first kappa shape index (κ1) is 18.2. The summed E-state index contributed by atoms with van der Waals surface area (Å²) in [6.07, 6.45) is 6.18. The smallest absolute Gasteiger partial charge is 0.244 e. The van der Waals surface area contributed by atoms with Crippen molar-refractivity contribution >= 4 is 41.9 Å². The second kappa shape index (κ2) is 7.32. The van der Waals surface area contributed by atoms with Gasteiger partial charge in [-0.2, -0.15) is 9.57 Å². The highest BCUT2D eigenvalue weighted by molar-refractivity contribution is 9.11. The highest BCUT2D eigenvalue weighted by Gasteiger charge is 2.38. The Balaban J connectivity index is 1.94. The molecule has 130 valence electrons. The van der Waals surface area contributed by atoms with Crippen LogP contribution in [-0.2, 0) is 10.0 Å². The van der Waals surface area contributed by atoms with Crippen molar-refractivity contribution in [2.45, 2.75) is 36.6 Å². The Hall–Kier alpha value is -0.620. The van der Waals surface area contributed by atoms with Crippen molar-refractivity contribution in [3.05, 3.63) is 27.1 Å². The first-order valence-electron chi connectivity index (χ1n) is 8.03. The van der Waals surface area contributed by atoms with Gasteiger partial charge >= 0.3 is 0 Å². The van der Waals surface area contributed by atoms with Crippen LogP contribution in [0.5, 0.6) is 0 Å². The van der Waals surface area contributed by atoms with Crippen molar-refractivity contribution in [2.75, 3.05) is 19.6 Å². The summed E-state index contributed by atoms with van der Waals surface area (Å²) < 4.78 is 29.6. The molecule has 24 heavy (non-hydrogen) atoms. The maximum atomic E-state index is 13.3. The number of hydrogen-bond donors (Lipinski definition) is 0. The summed E-state index contributed by atoms with van der Waals surface area (Å²) in [6, 6.07) is 5.06. The van der Waals surface area contributed by atoms with Gasteiger partial charge in [0.1, 0.15) is 0 Å². The van der Waals surface area contributed by atoms with Gasteiger partial charge in [0, 0.05) is 34.6 Å². The molecular formula is C16H19Br2N3O2S. The number of hydrogen-bond acceptors (Lipinski definition) is 4. The minimum Gasteiger partial charge on any atom is -0.309 e. The zero-order chi connectivity index (χ0) is 17.3. The van der Waals surface area contributed by atoms with E-state index in [4.69, 9.17) is 5.26 Å². The number of nitrogens with zero attached hydrogens (tertiary/aromatic N) is 3. The molecule has 0 N–H and O–H groups in total. The van der Waals surface area contributed by atoms with Gasteiger partial charge in [0.15, 0.2) is 6.19 Å². The van der Waals surface area contributed by atoms with E-state index in [0.29, 0.717) is 36.4 Å². The molecule has 1 unspecified atom stereocenters. The summed E-state index contributed by atoms with van der Waals surface area (Å²) in [5, 5.41) is 9.10. The molecule has 2 fully saturated rings. The van der Waals surface area contributed by atoms with Crippen LogP contribution in [0.1, 0.15) is 25.7 Å². The summed E-state index contributed by atoms with van der Waals surface area (Å²) in [5.41, 5.74) is 0. The Kier molecular flexibility index (Phi) is 5.55. The van der Waals surface area contributed by atoms with Gasteiger partial charge in [0.05, 0.1) is 4.90 Å². The van der Waals surface area contributed by atoms with E-state index in [1.165, 1.54) is 6.42 Å². The van der Waals surface area contributed by atoms with Gasteiger partial charge in [-0.05, 0) is 59.3 Å². The lowest BCUT2D eigenvalue weighted by atomic mass is 9.85. The fourth-order valence-corrected chi connectivity index (χ4v) is 6.43. The van der Waals surface area contributed by atoms with Crippen LogP contribution < -0.4 is 0 Å². The van der Waals surface area contributed by atoms with Crippen LogP contribution in [0.15, 0.2) is 32.0 Å². The molecule has 3 rings (SSSR count). The minimum atomic E-state index is -3.62. The van der Waals surface area contributed by atoms with E-state index in [2.05, 4.69) is 38.1 Å². The van der Waals surface area contributed by atoms with Gasteiger partial charge in [-0.3, -0.25) is 0 Å². The van der Waals surface area contributed by atoms with Gasteiger partial charge in [0.2, 0.25) is 10.0 Å². The van der Waals surface area contributed by atoms with Gasteiger partial charge in [0.25, 0.3) is 0 Å². The Bertz CT molecular complexity index is 759. The molecule has 0 aromatic heterocycles. The number of halogens is 2. The molecule has 1 saturated heterocycles. The van der Waals surface area contributed by atoms with Crippen LogP contribution in [0.3, 0.4) is 0 Å². The van der Waals surface area contributed by atoms with Crippen LogP contribution in [0.25, 0.3) is 0 Å². The fourth-order valence-electron chi connectivity index (χ4n) is 3.24. The average Bonchev–Trinajstić information content (AvgIpc) is 2.96. The van der Waals surface area contributed by atoms with E-state index < -0.39 is 10.0 Å². The predicted octanol–water partition coefficient (Wildman–Crippen LogP) is 3.56. The molecule has 1 saturated carbocycles. The molecule has 5 nitrogen and oxygen atoms in total. The minimum absolute atomic E-state index is 0.138. The summed E-state index contributed by atoms with van der Waals surface area (Å²) >= 11 is 6.74. The Labute approximate surface area is 159 Å². The molecule has 1 aliphatic carbocycles. The zero-order valence-electron chi connectivity index (χ0n) is 13.2. The van der Waals surface area contributed by atoms with Gasteiger partial charge in [-0.15, -0.1) is 0 Å². The lowest BCUT2D eigenvalue weighted by Crippen LogP contribution is -2.45. The molecule has 1 aromatic rings. The Morgan fingerprint density at radius 3 is 2.62 bits per heavy atom. The second-order valence-electron chi connectivity index (χ2n) is 6.43. The van der Waals surface area contributed by atoms with Crippen molar-refractivity contribution in [1.29, 1.82) is 5.26 Å². The third kappa shape index (κ3) is 3.64. The molecule has 0 amide bonds. The normalized spacial score (nSPS) is 21.8. The molecule has 1 aliphatic heterocycles. The monoisotopic (exact) mass is 475 g/mol. The van der Waals surface area contributed by atoms with Gasteiger partial charge < -0.3 is 4.90 Å². The van der Waals surface area contributed by atoms with E-state index in [-0.39, 0.29) is 10.9 Å². The first-order chi connectivity index (χ1) is 11.4. The van der Waals surface area contributed by atoms with Crippen molar-refractivity contribution in [1.82, 2.24) is 9.21 Å². The molecule has 8 heteroatoms. The van der Waals surface area contributed by atoms with E-state index in [9.17, 15) is 8.42 Å². The molecule has 0 radical (unpaired) electrons. The van der Waals surface area contributed by atoms with Crippen molar-refractivity contribution in [2.24, 2.45) is 5.92 Å². The molecule has 0 spiro atoms. The third-order valence-electron chi connectivity index (χ3n) is 4.85. The lowest BCUT2D eigenvalue weighted by Gasteiger charge is -2.35. The van der Waals surface area contributed by atoms with Gasteiger partial charge in [-0.1, -0.05) is 22.4 Å². The quantitative estimate of drug-likeness (QED) is 0.609. The van der Waals surface area contributed by atoms with E-state index in [1.54, 1.807) is 21.3 Å². The summed E-state index contributed by atoms with van der Waals surface area (Å²) in [7, 11) is -3.62. The number of sulfonamides is 1. The standard InChI is InChI=1S/C16H19Br2N3O2S/c17-13-4-5-15(18)16(8-13)24(22,23)21(9-12-2-1-3-12)14-6-7-20(10-14)11-19/h4-5,8,12,14H,1-3,6-7,9-10H2. The highest BCUT2D eigenvalue weighted by atomic mass is 79.9. The van der Waals surface area contributed by atoms with Gasteiger partial charge in [-0.25, -0.2) is 8.42 Å². The topological polar surface area (TPSA) is 64.4 Å². The molecule has 1 heterocycles. The van der Waals surface area contributed by atoms with Crippen LogP contribution in [0.4, 0.5) is 0 Å². The SMILES string of the molecule is N#CN1CCC(N(CC2CCC2)S(=O)(=O)c2cc(Br)ccc2Br)C1. The first-order valence-corrected chi connectivity index (χ1v) is 11.1. The predicted molar refractivity (Wildman–Crippen MR) is 98.7 cm³/mol. The molecular weight excluding hydrogens is 458 g/mol. The van der Waals surface area contributed by atoms with Crippen molar-refractivity contribution in [3.63, 3.8) is 0 Å². The Morgan fingerprint density at radius 1 is 1.29 bits per heavy atom. The van der Waals surface area contributed by atoms with Crippen molar-refractivity contribution in [3.8, 4) is 6.19 Å². The van der Waals surface area contributed by atoms with Crippen LogP contribution in [-0.4, -0.2) is 43.3 Å². The Morgan fingerprint density at radius 2 is 2.04 bits per heavy atom. The molecule has 2 aliphatic rings. The van der Waals surface area contributed by atoms with Crippen LogP contribution in [0.2, 0.25) is 0 Å². The largest absolute Gasteiger partial charge is 0.309 e. The zero-order valence-corrected chi connectivity index (χ0v) is 17.1. The molecule has 0 bridgehead atoms. The summed E-state index contributed by atoms with van der Waals surface area (Å²) in [5.74, 6) is 0.432. The number of benzene rings is 1. The van der Waals surface area contributed by atoms with Crippen LogP contribution in [0, 0.1) is 17.4 Å². The lowest BCUT2D eigenvalue weighted by molar-refractivity contribution is 0.214. The fraction of sp³-hybridized carbons (Fsp3) is 0.562. The summed E-state index contributed by atoms with van der Waals surface area (Å²) in [6.45, 7) is 1.65. The maximum absolute atomic E-state index is 13.3. The number of likely N-dealkylation sites (tertiary alicyclic amines) is 1. The average molecular weight is 477 g/mol. The number of rotatable bonds is 5. The second-order valence-corrected chi connectivity index (χ2v) is 10.1. The number of nitriles is 1. The molecule has 1 aromatic carbocycles. The van der Waals surface area contributed by atoms with E-state index in [1.807, 2.05) is 6.07 Å². The van der Waals surface area contributed by atoms with Crippen LogP contribution >= 0.6 is 31.9 Å². The molecule has 1 atom stereocenters. The third-order valence-corrected chi connectivity index (χ3v) is 8.26. The maximum Gasteiger partial charge on any atom is 0.244 e. The summed E-state index contributed by atoms with van der Waals surface area (Å²) in [4.78, 5) is 1.93. The van der Waals surface area contributed by atoms with Crippen molar-refractivity contribution < 1.29 is 8.42 Å². The van der Waals surface area contributed by atoms with E-state index in [0.717, 1.165) is 17.3 Å². The highest BCUT2D eigenvalue weighted by Crippen LogP contribution is 2.34.